The van der Waals surface area contributed by atoms with E-state index in [1.165, 1.54) is 0 Å². The van der Waals surface area contributed by atoms with Gasteiger partial charge in [-0.3, -0.25) is 10.1 Å². The molecular formula is C18H29NO3. The van der Waals surface area contributed by atoms with Crippen molar-refractivity contribution in [3.05, 3.63) is 46.2 Å². The second-order valence-corrected chi connectivity index (χ2v) is 5.25. The third-order valence-electron chi connectivity index (χ3n) is 3.32. The van der Waals surface area contributed by atoms with E-state index in [0.29, 0.717) is 25.0 Å². The fourth-order valence-electron chi connectivity index (χ4n) is 2.07. The molecule has 4 nitrogen and oxygen atoms in total. The Kier molecular flexibility index (Phi) is 14.5. The van der Waals surface area contributed by atoms with Gasteiger partial charge in [-0.2, -0.15) is 0 Å². The van der Waals surface area contributed by atoms with Gasteiger partial charge in [0.25, 0.3) is 0 Å². The molecular weight excluding hydrogens is 278 g/mol. The normalized spacial score (nSPS) is 12.3. The van der Waals surface area contributed by atoms with Crippen molar-refractivity contribution in [1.29, 1.82) is 0 Å². The van der Waals surface area contributed by atoms with Crippen LogP contribution in [0.15, 0.2) is 36.1 Å². The molecule has 0 radical (unpaired) electrons. The van der Waals surface area contributed by atoms with E-state index in [2.05, 4.69) is 19.1 Å². The molecule has 0 aliphatic heterocycles. The van der Waals surface area contributed by atoms with Crippen LogP contribution in [0.3, 0.4) is 0 Å². The number of aldehydes is 1. The molecule has 0 bridgehead atoms. The van der Waals surface area contributed by atoms with E-state index in [9.17, 15) is 14.9 Å². The van der Waals surface area contributed by atoms with Gasteiger partial charge in [-0.05, 0) is 38.2 Å². The molecule has 0 rings (SSSR count). The third-order valence-corrected chi connectivity index (χ3v) is 3.32. The number of carbonyl (C=O) groups is 1. The predicted molar refractivity (Wildman–Crippen MR) is 91.3 cm³/mol. The molecule has 4 heteroatoms. The van der Waals surface area contributed by atoms with Crippen LogP contribution in [0.5, 0.6) is 0 Å². The molecule has 0 aliphatic carbocycles. The van der Waals surface area contributed by atoms with Crippen molar-refractivity contribution in [2.75, 3.05) is 0 Å². The fraction of sp³-hybridized carbons (Fsp3) is 0.611. The summed E-state index contributed by atoms with van der Waals surface area (Å²) in [7, 11) is 0. The van der Waals surface area contributed by atoms with Crippen molar-refractivity contribution in [2.24, 2.45) is 0 Å². The van der Waals surface area contributed by atoms with Crippen molar-refractivity contribution in [2.45, 2.75) is 71.1 Å². The predicted octanol–water partition coefficient (Wildman–Crippen LogP) is 5.38. The molecule has 0 amide bonds. The summed E-state index contributed by atoms with van der Waals surface area (Å²) in [4.78, 5) is 20.9. The second kappa shape index (κ2) is 15.7. The molecule has 0 saturated carbocycles. The smallest absolute Gasteiger partial charge is 0.242 e. The lowest BCUT2D eigenvalue weighted by molar-refractivity contribution is -0.428. The highest BCUT2D eigenvalue weighted by Crippen LogP contribution is 2.13. The highest BCUT2D eigenvalue weighted by atomic mass is 16.6. The van der Waals surface area contributed by atoms with Crippen molar-refractivity contribution in [1.82, 2.24) is 0 Å². The largest absolute Gasteiger partial charge is 0.303 e. The summed E-state index contributed by atoms with van der Waals surface area (Å²) in [6.45, 7) is 2.09. The number of allylic oxidation sites excluding steroid dienone is 6. The maximum atomic E-state index is 11.0. The minimum Gasteiger partial charge on any atom is -0.303 e. The highest BCUT2D eigenvalue weighted by Gasteiger charge is 2.08. The summed E-state index contributed by atoms with van der Waals surface area (Å²) >= 11 is 0. The van der Waals surface area contributed by atoms with E-state index >= 15 is 0 Å². The number of hydrogen-bond donors (Lipinski definition) is 0. The Morgan fingerprint density at radius 1 is 0.955 bits per heavy atom. The summed E-state index contributed by atoms with van der Waals surface area (Å²) in [6.07, 6.45) is 19.4. The van der Waals surface area contributed by atoms with Crippen LogP contribution in [0, 0.1) is 10.1 Å². The first-order valence-corrected chi connectivity index (χ1v) is 8.29. The zero-order chi connectivity index (χ0) is 16.5. The molecule has 0 aliphatic rings. The Labute approximate surface area is 134 Å². The lowest BCUT2D eigenvalue weighted by Gasteiger charge is -2.00. The molecule has 0 aromatic heterocycles. The van der Waals surface area contributed by atoms with Gasteiger partial charge in [-0.1, -0.05) is 50.5 Å². The fourth-order valence-corrected chi connectivity index (χ4v) is 2.07. The number of carbonyl (C=O) groups excluding carboxylic acids is 1. The summed E-state index contributed by atoms with van der Waals surface area (Å²) in [5.74, 6) is 0. The second-order valence-electron chi connectivity index (χ2n) is 5.25. The molecule has 0 N–H and O–H groups in total. The van der Waals surface area contributed by atoms with Gasteiger partial charge in [-0.25, -0.2) is 0 Å². The first-order valence-electron chi connectivity index (χ1n) is 8.29. The molecule has 0 heterocycles. The van der Waals surface area contributed by atoms with Gasteiger partial charge in [0, 0.05) is 12.8 Å². The quantitative estimate of drug-likeness (QED) is 0.142. The van der Waals surface area contributed by atoms with Crippen LogP contribution in [0.1, 0.15) is 71.1 Å². The minimum atomic E-state index is -0.267. The Morgan fingerprint density at radius 3 is 2.27 bits per heavy atom. The zero-order valence-electron chi connectivity index (χ0n) is 13.7. The summed E-state index contributed by atoms with van der Waals surface area (Å²) in [5.41, 5.74) is 0.321. The van der Waals surface area contributed by atoms with Gasteiger partial charge < -0.3 is 4.79 Å². The van der Waals surface area contributed by atoms with Crippen LogP contribution in [0.2, 0.25) is 0 Å². The van der Waals surface area contributed by atoms with Crippen molar-refractivity contribution >= 4 is 6.29 Å². The average molecular weight is 307 g/mol. The standard InChI is InChI=1S/C18H29NO3/c1-2-3-4-5-6-9-12-15-18(19(21)22)16-13-10-7-8-11-14-17-20/h3-4,6,9,15,17H,2,5,7-8,10-14,16H2,1H3/b4-3+,9-6+,18-15-. The van der Waals surface area contributed by atoms with E-state index in [0.717, 1.165) is 51.2 Å². The Hall–Kier alpha value is -1.71. The Bertz CT molecular complexity index is 384. The van der Waals surface area contributed by atoms with Crippen LogP contribution < -0.4 is 0 Å². The number of nitro groups is 1. The summed E-state index contributed by atoms with van der Waals surface area (Å²) in [5, 5.41) is 11.0. The molecule has 0 saturated heterocycles. The Balaban J connectivity index is 3.89. The number of nitrogens with zero attached hydrogens (tertiary/aromatic N) is 1. The Morgan fingerprint density at radius 2 is 1.59 bits per heavy atom. The molecule has 124 valence electrons. The first-order chi connectivity index (χ1) is 10.7. The van der Waals surface area contributed by atoms with E-state index < -0.39 is 0 Å². The molecule has 0 atom stereocenters. The number of unbranched alkanes of at least 4 members (excludes halogenated alkanes) is 5. The molecule has 0 fully saturated rings. The van der Waals surface area contributed by atoms with Gasteiger partial charge in [-0.15, -0.1) is 0 Å². The SMILES string of the molecule is CC/C=C/C/C=C/C/C=C(/CCCCCCCC=O)[N+](=O)[O-]. The topological polar surface area (TPSA) is 60.2 Å². The monoisotopic (exact) mass is 307 g/mol. The molecule has 22 heavy (non-hydrogen) atoms. The lowest BCUT2D eigenvalue weighted by Crippen LogP contribution is -1.98. The maximum absolute atomic E-state index is 11.0. The maximum Gasteiger partial charge on any atom is 0.242 e. The van der Waals surface area contributed by atoms with E-state index in [1.807, 2.05) is 12.2 Å². The number of hydrogen-bond acceptors (Lipinski definition) is 3. The molecule has 0 unspecified atom stereocenters. The summed E-state index contributed by atoms with van der Waals surface area (Å²) < 4.78 is 0. The molecule has 0 spiro atoms. The minimum absolute atomic E-state index is 0.267. The van der Waals surface area contributed by atoms with E-state index in [4.69, 9.17) is 0 Å². The van der Waals surface area contributed by atoms with Gasteiger partial charge in [0.15, 0.2) is 0 Å². The van der Waals surface area contributed by atoms with Crippen LogP contribution in [0.25, 0.3) is 0 Å². The van der Waals surface area contributed by atoms with Crippen LogP contribution in [-0.2, 0) is 4.79 Å². The number of rotatable bonds is 14. The van der Waals surface area contributed by atoms with E-state index in [-0.39, 0.29) is 4.92 Å². The highest BCUT2D eigenvalue weighted by molar-refractivity contribution is 5.48. The van der Waals surface area contributed by atoms with Crippen LogP contribution in [-0.4, -0.2) is 11.2 Å². The van der Waals surface area contributed by atoms with Gasteiger partial charge in [0.2, 0.25) is 5.70 Å². The summed E-state index contributed by atoms with van der Waals surface area (Å²) in [6, 6.07) is 0. The van der Waals surface area contributed by atoms with Crippen molar-refractivity contribution < 1.29 is 9.72 Å². The van der Waals surface area contributed by atoms with E-state index in [1.54, 1.807) is 6.08 Å². The van der Waals surface area contributed by atoms with Crippen LogP contribution >= 0.6 is 0 Å². The first kappa shape index (κ1) is 20.3. The lowest BCUT2D eigenvalue weighted by atomic mass is 10.1. The molecule has 0 aromatic carbocycles. The third kappa shape index (κ3) is 13.3. The zero-order valence-corrected chi connectivity index (χ0v) is 13.7. The van der Waals surface area contributed by atoms with Crippen LogP contribution in [0.4, 0.5) is 0 Å². The van der Waals surface area contributed by atoms with Crippen molar-refractivity contribution in [3.63, 3.8) is 0 Å². The van der Waals surface area contributed by atoms with Gasteiger partial charge >= 0.3 is 0 Å². The van der Waals surface area contributed by atoms with Gasteiger partial charge in [0.05, 0.1) is 4.92 Å². The van der Waals surface area contributed by atoms with Gasteiger partial charge in [0.1, 0.15) is 6.29 Å². The average Bonchev–Trinajstić information content (AvgIpc) is 2.50. The molecule has 0 aromatic rings. The van der Waals surface area contributed by atoms with Crippen molar-refractivity contribution in [3.8, 4) is 0 Å².